The number of nitrogens with zero attached hydrogens (tertiary/aromatic N) is 3. The maximum absolute atomic E-state index is 13.1. The van der Waals surface area contributed by atoms with Gasteiger partial charge in [0.15, 0.2) is 5.69 Å². The van der Waals surface area contributed by atoms with Gasteiger partial charge in [0.1, 0.15) is 5.69 Å². The number of methoxy groups -OCH3 is 1. The van der Waals surface area contributed by atoms with Gasteiger partial charge < -0.3 is 9.47 Å². The van der Waals surface area contributed by atoms with Crippen molar-refractivity contribution in [1.29, 1.82) is 0 Å². The van der Waals surface area contributed by atoms with Crippen LogP contribution in [0.3, 0.4) is 0 Å². The fraction of sp³-hybridized carbons (Fsp3) is 0.727. The van der Waals surface area contributed by atoms with Gasteiger partial charge in [0.05, 0.1) is 12.6 Å². The monoisotopic (exact) mass is 277 g/mol. The molecule has 0 aromatic carbocycles. The molecule has 1 atom stereocenters. The number of halogens is 2. The second kappa shape index (κ2) is 7.13. The van der Waals surface area contributed by atoms with Gasteiger partial charge in [0.25, 0.3) is 6.43 Å². The Hall–Kier alpha value is -1.57. The van der Waals surface area contributed by atoms with Crippen LogP contribution in [0.2, 0.25) is 0 Å². The molecule has 6 nitrogen and oxygen atoms in total. The summed E-state index contributed by atoms with van der Waals surface area (Å²) in [5.74, 6) is -0.886. The summed E-state index contributed by atoms with van der Waals surface area (Å²) in [4.78, 5) is 11.5. The quantitative estimate of drug-likeness (QED) is 0.713. The first-order chi connectivity index (χ1) is 9.02. The van der Waals surface area contributed by atoms with Crippen LogP contribution in [0.25, 0.3) is 0 Å². The topological polar surface area (TPSA) is 66.2 Å². The number of esters is 1. The molecule has 0 aliphatic carbocycles. The smallest absolute Gasteiger partial charge is 0.361 e. The van der Waals surface area contributed by atoms with Crippen molar-refractivity contribution in [1.82, 2.24) is 15.0 Å². The molecule has 1 aromatic heterocycles. The average molecular weight is 277 g/mol. The van der Waals surface area contributed by atoms with E-state index in [1.165, 1.54) is 7.11 Å². The van der Waals surface area contributed by atoms with E-state index in [1.54, 1.807) is 13.8 Å². The number of hydrogen-bond acceptors (Lipinski definition) is 5. The highest BCUT2D eigenvalue weighted by molar-refractivity contribution is 5.88. The highest BCUT2D eigenvalue weighted by Crippen LogP contribution is 2.25. The third-order valence-electron chi connectivity index (χ3n) is 2.56. The Morgan fingerprint density at radius 1 is 1.47 bits per heavy atom. The molecule has 0 saturated heterocycles. The van der Waals surface area contributed by atoms with Crippen LogP contribution in [-0.2, 0) is 9.47 Å². The zero-order chi connectivity index (χ0) is 14.4. The lowest BCUT2D eigenvalue weighted by molar-refractivity contribution is 0.0506. The zero-order valence-corrected chi connectivity index (χ0v) is 11.1. The summed E-state index contributed by atoms with van der Waals surface area (Å²) in [7, 11) is 1.52. The van der Waals surface area contributed by atoms with Crippen molar-refractivity contribution >= 4 is 5.97 Å². The summed E-state index contributed by atoms with van der Waals surface area (Å²) in [6, 6.07) is -0.348. The van der Waals surface area contributed by atoms with Crippen molar-refractivity contribution in [3.05, 3.63) is 11.4 Å². The Morgan fingerprint density at radius 3 is 2.68 bits per heavy atom. The van der Waals surface area contributed by atoms with Gasteiger partial charge in [0, 0.05) is 13.7 Å². The summed E-state index contributed by atoms with van der Waals surface area (Å²) in [5, 5.41) is 7.13. The van der Waals surface area contributed by atoms with E-state index in [2.05, 4.69) is 15.0 Å². The molecule has 108 valence electrons. The van der Waals surface area contributed by atoms with Crippen LogP contribution < -0.4 is 0 Å². The largest absolute Gasteiger partial charge is 0.461 e. The summed E-state index contributed by atoms with van der Waals surface area (Å²) >= 11 is 0. The van der Waals surface area contributed by atoms with Crippen LogP contribution in [-0.4, -0.2) is 41.3 Å². The molecule has 0 saturated carbocycles. The second-order valence-electron chi connectivity index (χ2n) is 3.92. The predicted octanol–water partition coefficient (Wildman–Crippen LogP) is 1.99. The lowest BCUT2D eigenvalue weighted by atomic mass is 10.2. The van der Waals surface area contributed by atoms with Crippen molar-refractivity contribution in [2.75, 3.05) is 20.3 Å². The van der Waals surface area contributed by atoms with Crippen molar-refractivity contribution in [2.24, 2.45) is 0 Å². The molecule has 0 amide bonds. The van der Waals surface area contributed by atoms with Crippen LogP contribution in [0.5, 0.6) is 0 Å². The van der Waals surface area contributed by atoms with Crippen LogP contribution in [0.4, 0.5) is 8.78 Å². The lowest BCUT2D eigenvalue weighted by Gasteiger charge is -2.14. The number of ether oxygens (including phenoxy) is 2. The van der Waals surface area contributed by atoms with E-state index in [-0.39, 0.29) is 12.6 Å². The fourth-order valence-electron chi connectivity index (χ4n) is 1.59. The summed E-state index contributed by atoms with van der Waals surface area (Å²) in [6.45, 7) is 3.78. The predicted molar refractivity (Wildman–Crippen MR) is 62.1 cm³/mol. The number of rotatable bonds is 7. The Kier molecular flexibility index (Phi) is 5.81. The summed E-state index contributed by atoms with van der Waals surface area (Å²) < 4.78 is 36.7. The Balaban J connectivity index is 3.02. The number of carbonyl (C=O) groups is 1. The molecule has 19 heavy (non-hydrogen) atoms. The third kappa shape index (κ3) is 3.69. The van der Waals surface area contributed by atoms with E-state index < -0.39 is 23.8 Å². The molecule has 1 rings (SSSR count). The standard InChI is InChI=1S/C11H17F2N3O3/c1-4-19-11(17)8-9(10(12)13)16(15-14-8)7(2)5-6-18-3/h7,10H,4-6H2,1-3H3. The minimum absolute atomic E-state index is 0.0909. The van der Waals surface area contributed by atoms with E-state index in [9.17, 15) is 13.6 Å². The SMILES string of the molecule is CCOC(=O)c1nnn(C(C)CCOC)c1C(F)F. The molecule has 0 aliphatic heterocycles. The summed E-state index contributed by atoms with van der Waals surface area (Å²) in [6.07, 6.45) is -2.36. The van der Waals surface area contributed by atoms with Crippen molar-refractivity contribution in [3.63, 3.8) is 0 Å². The van der Waals surface area contributed by atoms with Gasteiger partial charge in [-0.25, -0.2) is 18.3 Å². The molecule has 0 aliphatic rings. The highest BCUT2D eigenvalue weighted by Gasteiger charge is 2.29. The molecular weight excluding hydrogens is 260 g/mol. The van der Waals surface area contributed by atoms with Crippen molar-refractivity contribution < 1.29 is 23.0 Å². The molecule has 0 fully saturated rings. The van der Waals surface area contributed by atoms with Crippen LogP contribution >= 0.6 is 0 Å². The van der Waals surface area contributed by atoms with Crippen LogP contribution in [0, 0.1) is 0 Å². The molecule has 0 N–H and O–H groups in total. The van der Waals surface area contributed by atoms with Crippen LogP contribution in [0.15, 0.2) is 0 Å². The van der Waals surface area contributed by atoms with Crippen LogP contribution in [0.1, 0.15) is 48.9 Å². The number of hydrogen-bond donors (Lipinski definition) is 0. The number of aromatic nitrogens is 3. The van der Waals surface area contributed by atoms with E-state index >= 15 is 0 Å². The normalized spacial score (nSPS) is 12.7. The van der Waals surface area contributed by atoms with Gasteiger partial charge in [-0.1, -0.05) is 5.21 Å². The Morgan fingerprint density at radius 2 is 2.16 bits per heavy atom. The second-order valence-corrected chi connectivity index (χ2v) is 3.92. The summed E-state index contributed by atoms with van der Waals surface area (Å²) in [5.41, 5.74) is -0.942. The molecule has 1 heterocycles. The van der Waals surface area contributed by atoms with E-state index in [0.717, 1.165) is 4.68 Å². The number of carbonyl (C=O) groups excluding carboxylic acids is 1. The van der Waals surface area contributed by atoms with Gasteiger partial charge in [-0.2, -0.15) is 0 Å². The first-order valence-electron chi connectivity index (χ1n) is 5.92. The molecule has 8 heteroatoms. The van der Waals surface area contributed by atoms with Crippen molar-refractivity contribution in [2.45, 2.75) is 32.7 Å². The van der Waals surface area contributed by atoms with Gasteiger partial charge in [-0.05, 0) is 20.3 Å². The Bertz CT molecular complexity index is 423. The van der Waals surface area contributed by atoms with Gasteiger partial charge in [-0.15, -0.1) is 5.10 Å². The molecule has 1 unspecified atom stereocenters. The molecule has 0 bridgehead atoms. The Labute approximate surface area is 109 Å². The molecular formula is C11H17F2N3O3. The van der Waals surface area contributed by atoms with E-state index in [0.29, 0.717) is 13.0 Å². The van der Waals surface area contributed by atoms with Gasteiger partial charge >= 0.3 is 5.97 Å². The minimum atomic E-state index is -2.85. The average Bonchev–Trinajstić information content (AvgIpc) is 2.81. The minimum Gasteiger partial charge on any atom is -0.461 e. The maximum Gasteiger partial charge on any atom is 0.361 e. The highest BCUT2D eigenvalue weighted by atomic mass is 19.3. The first-order valence-corrected chi connectivity index (χ1v) is 5.92. The zero-order valence-electron chi connectivity index (χ0n) is 11.1. The maximum atomic E-state index is 13.1. The van der Waals surface area contributed by atoms with Gasteiger partial charge in [0.2, 0.25) is 0 Å². The van der Waals surface area contributed by atoms with E-state index in [1.807, 2.05) is 0 Å². The first kappa shape index (κ1) is 15.5. The molecule has 0 spiro atoms. The number of alkyl halides is 2. The fourth-order valence-corrected chi connectivity index (χ4v) is 1.59. The molecule has 0 radical (unpaired) electrons. The van der Waals surface area contributed by atoms with Gasteiger partial charge in [-0.3, -0.25) is 0 Å². The van der Waals surface area contributed by atoms with E-state index in [4.69, 9.17) is 4.74 Å². The van der Waals surface area contributed by atoms with Crippen molar-refractivity contribution in [3.8, 4) is 0 Å². The lowest BCUT2D eigenvalue weighted by Crippen LogP contribution is -2.15. The molecule has 1 aromatic rings. The third-order valence-corrected chi connectivity index (χ3v) is 2.56.